The normalized spacial score (nSPS) is 26.5. The van der Waals surface area contributed by atoms with Gasteiger partial charge in [0, 0.05) is 54.0 Å². The summed E-state index contributed by atoms with van der Waals surface area (Å²) in [5.41, 5.74) is -0.0471. The smallest absolute Gasteiger partial charge is 0.353 e. The zero-order valence-corrected chi connectivity index (χ0v) is 17.7. The molecule has 0 aliphatic carbocycles. The molecular weight excluding hydrogens is 363 g/mol. The molecule has 2 rings (SSSR count). The molecule has 10 heteroatoms. The molecule has 2 aliphatic heterocycles. The Kier molecular flexibility index (Phi) is 7.73. The second-order valence-corrected chi connectivity index (χ2v) is 7.46. The van der Waals surface area contributed by atoms with Crippen LogP contribution in [0.25, 0.3) is 0 Å². The van der Waals surface area contributed by atoms with Crippen LogP contribution in [0, 0.1) is 11.8 Å². The van der Waals surface area contributed by atoms with Crippen LogP contribution in [0.2, 0.25) is 0 Å². The van der Waals surface area contributed by atoms with Gasteiger partial charge in [0.25, 0.3) is 0 Å². The molecule has 7 nitrogen and oxygen atoms in total. The molecule has 129 valence electrons. The number of carboxylic acids is 1. The van der Waals surface area contributed by atoms with Crippen molar-refractivity contribution in [1.29, 1.82) is 0 Å². The minimum atomic E-state index is -1.17. The zero-order chi connectivity index (χ0) is 17.5. The number of fused-ring (bicyclic) bond motifs is 1. The molecule has 1 fully saturated rings. The number of carboxylic acid groups (broad SMARTS) is 1. The topological polar surface area (TPSA) is 101 Å². The number of carbonyl (C=O) groups is 2. The molecular formula is C14H20N2NaO5S2. The fraction of sp³-hybridized carbons (Fsp3) is 0.643. The summed E-state index contributed by atoms with van der Waals surface area (Å²) in [7, 11) is 1.71. The molecule has 3 N–H and O–H groups in total. The molecule has 0 spiro atoms. The number of thiocarbonyl (C=S) groups is 1. The monoisotopic (exact) mass is 383 g/mol. The number of carbonyl (C=O) groups excluding carboxylic acids is 1. The van der Waals surface area contributed by atoms with Gasteiger partial charge < -0.3 is 25.1 Å². The van der Waals surface area contributed by atoms with Crippen molar-refractivity contribution in [2.45, 2.75) is 26.0 Å². The summed E-state index contributed by atoms with van der Waals surface area (Å²) in [4.78, 5) is 27.3. The van der Waals surface area contributed by atoms with Crippen molar-refractivity contribution in [3.63, 3.8) is 0 Å². The number of hydrogen-bond acceptors (Lipinski definition) is 6. The molecule has 1 saturated heterocycles. The number of β-lactam (4-membered cyclic amide) rings is 1. The van der Waals surface area contributed by atoms with Gasteiger partial charge in [-0.15, -0.1) is 0 Å². The van der Waals surface area contributed by atoms with Crippen molar-refractivity contribution < 1.29 is 24.9 Å². The SMILES string of the molecule is CC(O)C1C(=O)N2C(C(=O)O)=C(SC(=S)N(C)CCO)C(C)C12.[Na]. The van der Waals surface area contributed by atoms with Gasteiger partial charge in [0.05, 0.1) is 24.7 Å². The van der Waals surface area contributed by atoms with Crippen LogP contribution in [-0.4, -0.2) is 103 Å². The maximum absolute atomic E-state index is 12.2. The van der Waals surface area contributed by atoms with Gasteiger partial charge in [0.1, 0.15) is 10.0 Å². The first kappa shape index (κ1) is 21.9. The molecule has 1 radical (unpaired) electrons. The summed E-state index contributed by atoms with van der Waals surface area (Å²) < 4.78 is 0.434. The molecule has 0 aromatic carbocycles. The number of thioether (sulfide) groups is 1. The zero-order valence-electron chi connectivity index (χ0n) is 14.1. The summed E-state index contributed by atoms with van der Waals surface area (Å²) in [6.45, 7) is 3.66. The summed E-state index contributed by atoms with van der Waals surface area (Å²) >= 11 is 6.41. The van der Waals surface area contributed by atoms with E-state index in [-0.39, 0.29) is 59.7 Å². The summed E-state index contributed by atoms with van der Waals surface area (Å²) in [6, 6.07) is -0.345. The van der Waals surface area contributed by atoms with Crippen LogP contribution in [0.3, 0.4) is 0 Å². The fourth-order valence-corrected chi connectivity index (χ4v) is 4.47. The minimum Gasteiger partial charge on any atom is -0.477 e. The van der Waals surface area contributed by atoms with Crippen LogP contribution in [-0.2, 0) is 9.59 Å². The van der Waals surface area contributed by atoms with Gasteiger partial charge in [-0.1, -0.05) is 30.9 Å². The first-order valence-corrected chi connectivity index (χ1v) is 8.47. The molecule has 2 aliphatic rings. The van der Waals surface area contributed by atoms with Crippen LogP contribution < -0.4 is 0 Å². The summed E-state index contributed by atoms with van der Waals surface area (Å²) in [6.07, 6.45) is -0.824. The van der Waals surface area contributed by atoms with Gasteiger partial charge in [0.15, 0.2) is 0 Å². The van der Waals surface area contributed by atoms with Crippen molar-refractivity contribution in [3.8, 4) is 0 Å². The number of hydrogen-bond donors (Lipinski definition) is 3. The van der Waals surface area contributed by atoms with Crippen LogP contribution in [0.5, 0.6) is 0 Å². The van der Waals surface area contributed by atoms with Crippen LogP contribution in [0.15, 0.2) is 10.6 Å². The van der Waals surface area contributed by atoms with E-state index in [9.17, 15) is 19.8 Å². The van der Waals surface area contributed by atoms with Crippen LogP contribution in [0.1, 0.15) is 13.8 Å². The number of aliphatic hydroxyl groups excluding tert-OH is 2. The van der Waals surface area contributed by atoms with Crippen molar-refractivity contribution in [2.24, 2.45) is 11.8 Å². The number of aliphatic hydroxyl groups is 2. The molecule has 2 heterocycles. The number of likely N-dealkylation sites (N-methyl/N-ethyl adjacent to an activating group) is 1. The minimum absolute atomic E-state index is 0. The second kappa shape index (κ2) is 8.48. The van der Waals surface area contributed by atoms with Gasteiger partial charge in [-0.3, -0.25) is 4.79 Å². The van der Waals surface area contributed by atoms with Gasteiger partial charge in [-0.25, -0.2) is 4.79 Å². The van der Waals surface area contributed by atoms with Crippen molar-refractivity contribution in [2.75, 3.05) is 20.2 Å². The maximum atomic E-state index is 12.2. The van der Waals surface area contributed by atoms with Crippen LogP contribution >= 0.6 is 24.0 Å². The van der Waals surface area contributed by atoms with E-state index in [0.29, 0.717) is 15.8 Å². The third-order valence-corrected chi connectivity index (χ3v) is 6.09. The van der Waals surface area contributed by atoms with E-state index in [4.69, 9.17) is 17.3 Å². The number of aliphatic carboxylic acids is 1. The standard InChI is InChI=1S/C14H20N2O5S2.Na/c1-6-9-8(7(2)18)12(19)16(9)10(13(20)21)11(6)23-14(22)15(3)4-5-17;/h6-9,17-18H,4-5H2,1-3H3,(H,20,21);. The number of amides is 1. The maximum Gasteiger partial charge on any atom is 0.353 e. The summed E-state index contributed by atoms with van der Waals surface area (Å²) in [5.74, 6) is -2.34. The third kappa shape index (κ3) is 3.67. The largest absolute Gasteiger partial charge is 0.477 e. The van der Waals surface area contributed by atoms with E-state index in [2.05, 4.69) is 0 Å². The van der Waals surface area contributed by atoms with Crippen LogP contribution in [0.4, 0.5) is 0 Å². The Bertz CT molecular complexity index is 584. The van der Waals surface area contributed by atoms with E-state index in [1.807, 2.05) is 6.92 Å². The molecule has 24 heavy (non-hydrogen) atoms. The average Bonchev–Trinajstić information content (AvgIpc) is 2.69. The molecule has 0 bridgehead atoms. The van der Waals surface area contributed by atoms with E-state index in [1.165, 1.54) is 11.8 Å². The Morgan fingerprint density at radius 3 is 2.54 bits per heavy atom. The molecule has 0 aromatic rings. The van der Waals surface area contributed by atoms with Gasteiger partial charge in [-0.05, 0) is 6.92 Å². The number of nitrogens with zero attached hydrogens (tertiary/aromatic N) is 2. The van der Waals surface area contributed by atoms with E-state index < -0.39 is 18.0 Å². The average molecular weight is 383 g/mol. The van der Waals surface area contributed by atoms with Gasteiger partial charge >= 0.3 is 5.97 Å². The van der Waals surface area contributed by atoms with E-state index in [1.54, 1.807) is 11.9 Å². The Balaban J connectivity index is 0.00000288. The number of rotatable bonds is 5. The quantitative estimate of drug-likeness (QED) is 0.338. The van der Waals surface area contributed by atoms with Gasteiger partial charge in [-0.2, -0.15) is 0 Å². The second-order valence-electron chi connectivity index (χ2n) is 5.79. The van der Waals surface area contributed by atoms with Crippen molar-refractivity contribution >= 4 is 69.7 Å². The molecule has 0 aromatic heterocycles. The predicted molar refractivity (Wildman–Crippen MR) is 95.3 cm³/mol. The Labute approximate surface area is 172 Å². The third-order valence-electron chi connectivity index (χ3n) is 4.26. The molecule has 4 unspecified atom stereocenters. The Morgan fingerprint density at radius 2 is 2.08 bits per heavy atom. The van der Waals surface area contributed by atoms with Gasteiger partial charge in [0.2, 0.25) is 5.91 Å². The molecule has 0 saturated carbocycles. The predicted octanol–water partition coefficient (Wildman–Crippen LogP) is -0.299. The van der Waals surface area contributed by atoms with Crippen molar-refractivity contribution in [3.05, 3.63) is 10.6 Å². The summed E-state index contributed by atoms with van der Waals surface area (Å²) in [5, 5.41) is 28.2. The van der Waals surface area contributed by atoms with Crippen molar-refractivity contribution in [1.82, 2.24) is 9.80 Å². The Morgan fingerprint density at radius 1 is 1.50 bits per heavy atom. The van der Waals surface area contributed by atoms with E-state index in [0.717, 1.165) is 11.8 Å². The Hall–Kier alpha value is -0.160. The first-order chi connectivity index (χ1) is 10.7. The first-order valence-electron chi connectivity index (χ1n) is 7.24. The molecule has 1 amide bonds. The fourth-order valence-electron chi connectivity index (χ4n) is 3.07. The van der Waals surface area contributed by atoms with E-state index >= 15 is 0 Å². The molecule has 4 atom stereocenters.